The van der Waals surface area contributed by atoms with Crippen molar-refractivity contribution in [3.8, 4) is 0 Å². The number of ether oxygens (including phenoxy) is 2. The smallest absolute Gasteiger partial charge is 0.306 e. The van der Waals surface area contributed by atoms with Crippen LogP contribution in [-0.2, 0) is 29.9 Å². The highest BCUT2D eigenvalue weighted by atomic mass is 16.5. The van der Waals surface area contributed by atoms with Gasteiger partial charge in [-0.15, -0.1) is 0 Å². The fourth-order valence-corrected chi connectivity index (χ4v) is 6.60. The van der Waals surface area contributed by atoms with Crippen molar-refractivity contribution in [1.82, 2.24) is 0 Å². The molecule has 0 fully saturated rings. The highest BCUT2D eigenvalue weighted by Crippen LogP contribution is 2.48. The largest absolute Gasteiger partial charge is 0.466 e. The first kappa shape index (κ1) is 30.5. The van der Waals surface area contributed by atoms with Crippen molar-refractivity contribution in [3.05, 3.63) is 71.4 Å². The molecule has 2 aromatic carbocycles. The van der Waals surface area contributed by atoms with Gasteiger partial charge in [-0.2, -0.15) is 4.58 Å². The summed E-state index contributed by atoms with van der Waals surface area (Å²) in [6.45, 7) is 15.3. The van der Waals surface area contributed by atoms with E-state index in [2.05, 4.69) is 91.8 Å². The Hall–Kier alpha value is -3.41. The van der Waals surface area contributed by atoms with Crippen molar-refractivity contribution in [3.63, 3.8) is 0 Å². The number of esters is 2. The lowest BCUT2D eigenvalue weighted by Crippen LogP contribution is -2.30. The van der Waals surface area contributed by atoms with Gasteiger partial charge in [0, 0.05) is 54.2 Å². The van der Waals surface area contributed by atoms with Crippen molar-refractivity contribution in [2.45, 2.75) is 90.9 Å². The summed E-state index contributed by atoms with van der Waals surface area (Å²) in [4.78, 5) is 26.5. The van der Waals surface area contributed by atoms with E-state index in [9.17, 15) is 9.59 Å². The molecule has 0 bridgehead atoms. The second-order valence-corrected chi connectivity index (χ2v) is 12.0. The van der Waals surface area contributed by atoms with Crippen molar-refractivity contribution in [1.29, 1.82) is 0 Å². The van der Waals surface area contributed by atoms with Gasteiger partial charge in [0.05, 0.1) is 25.0 Å². The fourth-order valence-electron chi connectivity index (χ4n) is 6.60. The predicted octanol–water partition coefficient (Wildman–Crippen LogP) is 7.21. The summed E-state index contributed by atoms with van der Waals surface area (Å²) in [6, 6.07) is 17.3. The summed E-state index contributed by atoms with van der Waals surface area (Å²) in [5.74, 6) is -0.260. The molecule has 220 valence electrons. The third kappa shape index (κ3) is 6.42. The minimum atomic E-state index is -0.132. The molecule has 4 rings (SSSR count). The zero-order valence-electron chi connectivity index (χ0n) is 25.8. The first-order valence-corrected chi connectivity index (χ1v) is 15.2. The van der Waals surface area contributed by atoms with Crippen LogP contribution in [0.15, 0.2) is 60.3 Å². The highest BCUT2D eigenvalue weighted by molar-refractivity contribution is 5.95. The minimum Gasteiger partial charge on any atom is -0.466 e. The number of hydrogen-bond acceptors (Lipinski definition) is 5. The van der Waals surface area contributed by atoms with Crippen LogP contribution in [0.3, 0.4) is 0 Å². The van der Waals surface area contributed by atoms with Crippen LogP contribution < -0.4 is 4.90 Å². The second kappa shape index (κ2) is 13.1. The Morgan fingerprint density at radius 1 is 0.829 bits per heavy atom. The molecule has 0 spiro atoms. The number of para-hydroxylation sites is 2. The molecule has 0 radical (unpaired) electrons. The fraction of sp³-hybridized carbons (Fsp3) is 0.514. The Labute approximate surface area is 246 Å². The minimum absolute atomic E-state index is 0.0908. The lowest BCUT2D eigenvalue weighted by Gasteiger charge is -2.27. The van der Waals surface area contributed by atoms with Gasteiger partial charge in [-0.1, -0.05) is 56.3 Å². The van der Waals surface area contributed by atoms with Crippen molar-refractivity contribution >= 4 is 29.0 Å². The van der Waals surface area contributed by atoms with Gasteiger partial charge in [0.15, 0.2) is 5.71 Å². The van der Waals surface area contributed by atoms with Gasteiger partial charge in [-0.05, 0) is 52.2 Å². The molecular formula is C35H47N2O4+. The maximum Gasteiger partial charge on any atom is 0.306 e. The summed E-state index contributed by atoms with van der Waals surface area (Å²) in [5, 5.41) is 0. The first-order chi connectivity index (χ1) is 19.6. The summed E-state index contributed by atoms with van der Waals surface area (Å²) >= 11 is 0. The monoisotopic (exact) mass is 559 g/mol. The van der Waals surface area contributed by atoms with E-state index in [1.807, 2.05) is 13.8 Å². The molecule has 0 aliphatic carbocycles. The standard InChI is InChI=1S/C35H47N2O4/c1-7-40-32(38)22-14-24-36-28-18-11-9-16-26(28)34(3,4)30(36)20-13-21-31-35(5,6)27-17-10-12-19-29(27)37(31)25-15-23-33(39)41-8-2/h9-12,16-20H,7-8,13-15,21-25H2,1-6H3/q+1/b30-20+. The lowest BCUT2D eigenvalue weighted by molar-refractivity contribution is -0.440. The van der Waals surface area contributed by atoms with E-state index in [-0.39, 0.29) is 22.8 Å². The predicted molar refractivity (Wildman–Crippen MR) is 165 cm³/mol. The molecule has 0 saturated carbocycles. The zero-order valence-corrected chi connectivity index (χ0v) is 25.8. The second-order valence-electron chi connectivity index (χ2n) is 12.0. The van der Waals surface area contributed by atoms with Gasteiger partial charge in [0.1, 0.15) is 6.54 Å². The molecule has 0 amide bonds. The molecule has 0 saturated heterocycles. The van der Waals surface area contributed by atoms with Crippen LogP contribution in [0.4, 0.5) is 11.4 Å². The lowest BCUT2D eigenvalue weighted by atomic mass is 9.79. The van der Waals surface area contributed by atoms with Crippen LogP contribution in [0.25, 0.3) is 0 Å². The molecule has 0 atom stereocenters. The quantitative estimate of drug-likeness (QED) is 0.192. The molecule has 0 N–H and O–H groups in total. The van der Waals surface area contributed by atoms with Crippen LogP contribution in [-0.4, -0.2) is 48.5 Å². The number of benzene rings is 2. The van der Waals surface area contributed by atoms with E-state index >= 15 is 0 Å². The number of nitrogens with zero attached hydrogens (tertiary/aromatic N) is 2. The van der Waals surface area contributed by atoms with Crippen molar-refractivity contribution in [2.24, 2.45) is 0 Å². The Morgan fingerprint density at radius 3 is 2.12 bits per heavy atom. The van der Waals surface area contributed by atoms with Crippen LogP contribution in [0.5, 0.6) is 0 Å². The number of carbonyl (C=O) groups is 2. The average molecular weight is 560 g/mol. The van der Waals surface area contributed by atoms with Crippen LogP contribution in [0.2, 0.25) is 0 Å². The van der Waals surface area contributed by atoms with E-state index in [0.29, 0.717) is 26.1 Å². The van der Waals surface area contributed by atoms with Gasteiger partial charge in [-0.25, -0.2) is 0 Å². The third-order valence-corrected chi connectivity index (χ3v) is 8.57. The summed E-state index contributed by atoms with van der Waals surface area (Å²) in [5.41, 5.74) is 7.61. The summed E-state index contributed by atoms with van der Waals surface area (Å²) in [7, 11) is 0. The number of anilines is 1. The Balaban J connectivity index is 1.57. The third-order valence-electron chi connectivity index (χ3n) is 8.57. The van der Waals surface area contributed by atoms with Crippen molar-refractivity contribution in [2.75, 3.05) is 31.2 Å². The average Bonchev–Trinajstić information content (AvgIpc) is 3.28. The van der Waals surface area contributed by atoms with Gasteiger partial charge in [0.2, 0.25) is 5.69 Å². The van der Waals surface area contributed by atoms with E-state index < -0.39 is 0 Å². The molecule has 6 nitrogen and oxygen atoms in total. The van der Waals surface area contributed by atoms with Gasteiger partial charge >= 0.3 is 11.9 Å². The summed E-state index contributed by atoms with van der Waals surface area (Å²) in [6.07, 6.45) is 6.59. The number of hydrogen-bond donors (Lipinski definition) is 0. The van der Waals surface area contributed by atoms with E-state index in [1.165, 1.54) is 33.9 Å². The van der Waals surface area contributed by atoms with Crippen LogP contribution in [0.1, 0.15) is 91.2 Å². The normalized spacial score (nSPS) is 17.5. The molecule has 0 unspecified atom stereocenters. The van der Waals surface area contributed by atoms with E-state index in [1.54, 1.807) is 0 Å². The molecular weight excluding hydrogens is 512 g/mol. The number of allylic oxidation sites excluding steroid dienone is 2. The summed E-state index contributed by atoms with van der Waals surface area (Å²) < 4.78 is 12.8. The molecule has 6 heteroatoms. The molecule has 2 aliphatic rings. The van der Waals surface area contributed by atoms with Gasteiger partial charge in [0.25, 0.3) is 0 Å². The zero-order chi connectivity index (χ0) is 29.6. The van der Waals surface area contributed by atoms with Gasteiger partial charge in [-0.3, -0.25) is 9.59 Å². The number of carbonyl (C=O) groups excluding carboxylic acids is 2. The van der Waals surface area contributed by atoms with E-state index in [4.69, 9.17) is 9.47 Å². The molecule has 0 aromatic heterocycles. The highest BCUT2D eigenvalue weighted by Gasteiger charge is 2.45. The SMILES string of the molecule is CCOC(=O)CCCN1/C(=C/CCC2=[N+](CCCC(=O)OCC)c3ccccc3C2(C)C)C(C)(C)c2ccccc21. The van der Waals surface area contributed by atoms with Crippen LogP contribution >= 0.6 is 0 Å². The molecule has 2 aliphatic heterocycles. The van der Waals surface area contributed by atoms with E-state index in [0.717, 1.165) is 38.8 Å². The topological polar surface area (TPSA) is 58.8 Å². The maximum atomic E-state index is 12.0. The first-order valence-electron chi connectivity index (χ1n) is 15.2. The molecule has 41 heavy (non-hydrogen) atoms. The maximum absolute atomic E-state index is 12.0. The number of fused-ring (bicyclic) bond motifs is 2. The molecule has 2 aromatic rings. The Bertz CT molecular complexity index is 1320. The van der Waals surface area contributed by atoms with Gasteiger partial charge < -0.3 is 14.4 Å². The Kier molecular flexibility index (Phi) is 9.72. The van der Waals surface area contributed by atoms with Crippen molar-refractivity contribution < 1.29 is 23.6 Å². The molecule has 2 heterocycles. The van der Waals surface area contributed by atoms with Crippen LogP contribution in [0, 0.1) is 0 Å². The number of rotatable bonds is 13. The Morgan fingerprint density at radius 2 is 1.44 bits per heavy atom.